The highest BCUT2D eigenvalue weighted by Crippen LogP contribution is 2.32. The number of aromatic nitrogens is 2. The predicted molar refractivity (Wildman–Crippen MR) is 67.1 cm³/mol. The Morgan fingerprint density at radius 3 is 2.88 bits per heavy atom. The number of nitrogens with one attached hydrogen (secondary N) is 1. The standard InChI is InChI=1S/C13H23N3O/c1-4-9(2)12-15-13(17-16-12)10-7-5-6-8-11(10)14-3/h9-11,14H,4-8H2,1-3H3. The van der Waals surface area contributed by atoms with E-state index in [1.807, 2.05) is 7.05 Å². The molecule has 4 heteroatoms. The van der Waals surface area contributed by atoms with Gasteiger partial charge in [-0.15, -0.1) is 0 Å². The van der Waals surface area contributed by atoms with E-state index in [0.717, 1.165) is 24.6 Å². The molecule has 3 unspecified atom stereocenters. The number of hydrogen-bond donors (Lipinski definition) is 1. The molecule has 17 heavy (non-hydrogen) atoms. The SMILES string of the molecule is CCC(C)c1noc(C2CCCCC2NC)n1. The Morgan fingerprint density at radius 1 is 1.41 bits per heavy atom. The molecule has 1 aliphatic rings. The maximum absolute atomic E-state index is 5.46. The minimum absolute atomic E-state index is 0.393. The summed E-state index contributed by atoms with van der Waals surface area (Å²) in [5.41, 5.74) is 0. The summed E-state index contributed by atoms with van der Waals surface area (Å²) in [6.45, 7) is 4.29. The fourth-order valence-electron chi connectivity index (χ4n) is 2.55. The smallest absolute Gasteiger partial charge is 0.231 e. The van der Waals surface area contributed by atoms with Crippen LogP contribution < -0.4 is 5.32 Å². The molecule has 3 atom stereocenters. The van der Waals surface area contributed by atoms with Gasteiger partial charge in [0, 0.05) is 12.0 Å². The predicted octanol–water partition coefficient (Wildman–Crippen LogP) is 2.83. The van der Waals surface area contributed by atoms with Crippen LogP contribution >= 0.6 is 0 Å². The van der Waals surface area contributed by atoms with Gasteiger partial charge in [-0.3, -0.25) is 0 Å². The molecule has 0 saturated heterocycles. The van der Waals surface area contributed by atoms with Gasteiger partial charge in [0.05, 0.1) is 5.92 Å². The van der Waals surface area contributed by atoms with Crippen LogP contribution in [0.2, 0.25) is 0 Å². The first-order valence-electron chi connectivity index (χ1n) is 6.77. The lowest BCUT2D eigenvalue weighted by atomic mass is 9.84. The van der Waals surface area contributed by atoms with Crippen molar-refractivity contribution in [1.82, 2.24) is 15.5 Å². The monoisotopic (exact) mass is 237 g/mol. The summed E-state index contributed by atoms with van der Waals surface area (Å²) in [6.07, 6.45) is 5.99. The molecule has 0 radical (unpaired) electrons. The van der Waals surface area contributed by atoms with E-state index in [0.29, 0.717) is 17.9 Å². The molecule has 2 rings (SSSR count). The minimum atomic E-state index is 0.393. The molecule has 1 aromatic rings. The van der Waals surface area contributed by atoms with Gasteiger partial charge in [0.15, 0.2) is 5.82 Å². The molecule has 1 saturated carbocycles. The topological polar surface area (TPSA) is 51.0 Å². The van der Waals surface area contributed by atoms with E-state index in [1.165, 1.54) is 19.3 Å². The normalized spacial score (nSPS) is 27.0. The molecule has 0 spiro atoms. The molecule has 1 aromatic heterocycles. The van der Waals surface area contributed by atoms with Crippen LogP contribution in [0.4, 0.5) is 0 Å². The van der Waals surface area contributed by atoms with Crippen LogP contribution in [0, 0.1) is 0 Å². The molecule has 1 heterocycles. The summed E-state index contributed by atoms with van der Waals surface area (Å²) in [6, 6.07) is 0.494. The highest BCUT2D eigenvalue weighted by molar-refractivity contribution is 5.03. The third-order valence-corrected chi connectivity index (χ3v) is 3.96. The first-order valence-corrected chi connectivity index (χ1v) is 6.77. The zero-order chi connectivity index (χ0) is 12.3. The van der Waals surface area contributed by atoms with E-state index in [-0.39, 0.29) is 0 Å². The second-order valence-corrected chi connectivity index (χ2v) is 5.09. The fraction of sp³-hybridized carbons (Fsp3) is 0.846. The van der Waals surface area contributed by atoms with Crippen molar-refractivity contribution in [2.45, 2.75) is 63.8 Å². The molecule has 1 aliphatic carbocycles. The summed E-state index contributed by atoms with van der Waals surface area (Å²) in [5.74, 6) is 2.49. The van der Waals surface area contributed by atoms with E-state index in [9.17, 15) is 0 Å². The maximum atomic E-state index is 5.46. The summed E-state index contributed by atoms with van der Waals surface area (Å²) >= 11 is 0. The van der Waals surface area contributed by atoms with Crippen molar-refractivity contribution in [2.75, 3.05) is 7.05 Å². The largest absolute Gasteiger partial charge is 0.339 e. The van der Waals surface area contributed by atoms with Gasteiger partial charge in [-0.25, -0.2) is 0 Å². The Bertz CT molecular complexity index is 350. The Labute approximate surface area is 103 Å². The molecule has 4 nitrogen and oxygen atoms in total. The van der Waals surface area contributed by atoms with Gasteiger partial charge in [0.1, 0.15) is 0 Å². The van der Waals surface area contributed by atoms with Crippen molar-refractivity contribution in [1.29, 1.82) is 0 Å². The van der Waals surface area contributed by atoms with Gasteiger partial charge in [0.25, 0.3) is 0 Å². The molecule has 1 N–H and O–H groups in total. The molecule has 0 bridgehead atoms. The van der Waals surface area contributed by atoms with Crippen LogP contribution in [-0.2, 0) is 0 Å². The van der Waals surface area contributed by atoms with E-state index in [2.05, 4.69) is 29.3 Å². The first-order chi connectivity index (χ1) is 8.26. The van der Waals surface area contributed by atoms with E-state index < -0.39 is 0 Å². The second kappa shape index (κ2) is 5.63. The van der Waals surface area contributed by atoms with E-state index in [1.54, 1.807) is 0 Å². The van der Waals surface area contributed by atoms with Crippen LogP contribution in [0.1, 0.15) is 69.5 Å². The quantitative estimate of drug-likeness (QED) is 0.875. The third kappa shape index (κ3) is 2.68. The number of hydrogen-bond acceptors (Lipinski definition) is 4. The molecule has 1 fully saturated rings. The Balaban J connectivity index is 2.12. The van der Waals surface area contributed by atoms with Gasteiger partial charge in [0.2, 0.25) is 5.89 Å². The Kier molecular flexibility index (Phi) is 4.15. The maximum Gasteiger partial charge on any atom is 0.231 e. The van der Waals surface area contributed by atoms with Crippen molar-refractivity contribution in [3.8, 4) is 0 Å². The molecule has 0 amide bonds. The van der Waals surface area contributed by atoms with Crippen molar-refractivity contribution in [3.05, 3.63) is 11.7 Å². The van der Waals surface area contributed by atoms with Crippen LogP contribution in [0.3, 0.4) is 0 Å². The zero-order valence-corrected chi connectivity index (χ0v) is 11.1. The Morgan fingerprint density at radius 2 is 2.18 bits per heavy atom. The first kappa shape index (κ1) is 12.6. The summed E-state index contributed by atoms with van der Waals surface area (Å²) in [4.78, 5) is 4.59. The van der Waals surface area contributed by atoms with Gasteiger partial charge in [-0.1, -0.05) is 31.8 Å². The number of nitrogens with zero attached hydrogens (tertiary/aromatic N) is 2. The Hall–Kier alpha value is -0.900. The molecular weight excluding hydrogens is 214 g/mol. The van der Waals surface area contributed by atoms with Crippen molar-refractivity contribution < 1.29 is 4.52 Å². The van der Waals surface area contributed by atoms with Gasteiger partial charge < -0.3 is 9.84 Å². The molecular formula is C13H23N3O. The summed E-state index contributed by atoms with van der Waals surface area (Å²) in [5, 5.41) is 7.49. The average Bonchev–Trinajstić information content (AvgIpc) is 2.87. The lowest BCUT2D eigenvalue weighted by molar-refractivity contribution is 0.269. The number of likely N-dealkylation sites (N-methyl/N-ethyl adjacent to an activating group) is 1. The third-order valence-electron chi connectivity index (χ3n) is 3.96. The number of rotatable bonds is 4. The van der Waals surface area contributed by atoms with Gasteiger partial charge >= 0.3 is 0 Å². The van der Waals surface area contributed by atoms with Gasteiger partial charge in [-0.05, 0) is 26.3 Å². The van der Waals surface area contributed by atoms with Crippen LogP contribution in [0.15, 0.2) is 4.52 Å². The highest BCUT2D eigenvalue weighted by atomic mass is 16.5. The average molecular weight is 237 g/mol. The fourth-order valence-corrected chi connectivity index (χ4v) is 2.55. The van der Waals surface area contributed by atoms with Crippen LogP contribution in [0.25, 0.3) is 0 Å². The van der Waals surface area contributed by atoms with Gasteiger partial charge in [-0.2, -0.15) is 4.98 Å². The minimum Gasteiger partial charge on any atom is -0.339 e. The van der Waals surface area contributed by atoms with Crippen LogP contribution in [0.5, 0.6) is 0 Å². The second-order valence-electron chi connectivity index (χ2n) is 5.09. The zero-order valence-electron chi connectivity index (χ0n) is 11.1. The lowest BCUT2D eigenvalue weighted by Crippen LogP contribution is -2.34. The van der Waals surface area contributed by atoms with Crippen molar-refractivity contribution >= 4 is 0 Å². The molecule has 0 aliphatic heterocycles. The van der Waals surface area contributed by atoms with Crippen molar-refractivity contribution in [2.24, 2.45) is 0 Å². The highest BCUT2D eigenvalue weighted by Gasteiger charge is 2.30. The van der Waals surface area contributed by atoms with E-state index >= 15 is 0 Å². The van der Waals surface area contributed by atoms with Crippen LogP contribution in [-0.4, -0.2) is 23.2 Å². The summed E-state index contributed by atoms with van der Waals surface area (Å²) in [7, 11) is 2.02. The van der Waals surface area contributed by atoms with Crippen molar-refractivity contribution in [3.63, 3.8) is 0 Å². The molecule has 96 valence electrons. The molecule has 0 aromatic carbocycles. The van der Waals surface area contributed by atoms with E-state index in [4.69, 9.17) is 4.52 Å². The summed E-state index contributed by atoms with van der Waals surface area (Å²) < 4.78 is 5.46. The lowest BCUT2D eigenvalue weighted by Gasteiger charge is -2.28.